The van der Waals surface area contributed by atoms with Gasteiger partial charge in [-0.2, -0.15) is 13.2 Å². The molecule has 0 aliphatic heterocycles. The fourth-order valence-corrected chi connectivity index (χ4v) is 2.49. The Morgan fingerprint density at radius 2 is 2.13 bits per heavy atom. The van der Waals surface area contributed by atoms with Crippen LogP contribution in [-0.2, 0) is 11.2 Å². The molecule has 0 spiro atoms. The maximum absolute atomic E-state index is 11.8. The van der Waals surface area contributed by atoms with E-state index in [9.17, 15) is 18.0 Å². The zero-order valence-corrected chi connectivity index (χ0v) is 10.0. The van der Waals surface area contributed by atoms with Crippen molar-refractivity contribution in [3.8, 4) is 0 Å². The summed E-state index contributed by atoms with van der Waals surface area (Å²) in [5.74, 6) is -0.373. The first kappa shape index (κ1) is 12.7. The molecule has 0 fully saturated rings. The van der Waals surface area contributed by atoms with Crippen molar-refractivity contribution in [1.29, 1.82) is 0 Å². The van der Waals surface area contributed by atoms with Crippen LogP contribution in [0.4, 0.5) is 13.2 Å². The average molecular weight is 301 g/mol. The third kappa shape index (κ3) is 5.32. The van der Waals surface area contributed by atoms with Gasteiger partial charge in [0.25, 0.3) is 0 Å². The Balaban J connectivity index is 2.37. The first-order valence-electron chi connectivity index (χ1n) is 4.18. The van der Waals surface area contributed by atoms with Crippen LogP contribution in [0, 0.1) is 0 Å². The molecule has 1 rings (SSSR count). The summed E-state index contributed by atoms with van der Waals surface area (Å²) in [4.78, 5) is 11.9. The molecule has 0 atom stereocenters. The van der Waals surface area contributed by atoms with Crippen molar-refractivity contribution in [2.24, 2.45) is 0 Å². The van der Waals surface area contributed by atoms with E-state index < -0.39 is 19.0 Å². The Labute approximate surface area is 97.4 Å². The topological polar surface area (TPSA) is 17.1 Å². The van der Waals surface area contributed by atoms with E-state index in [1.54, 1.807) is 11.4 Å². The molecule has 0 aliphatic rings. The fourth-order valence-electron chi connectivity index (χ4n) is 1.01. The van der Waals surface area contributed by atoms with Crippen molar-refractivity contribution < 1.29 is 18.0 Å². The van der Waals surface area contributed by atoms with Crippen molar-refractivity contribution in [3.63, 3.8) is 0 Å². The minimum Gasteiger partial charge on any atom is -0.299 e. The number of carbonyl (C=O) groups is 1. The molecular formula is C9H8BrF3OS. The normalized spacial score (nSPS) is 11.7. The summed E-state index contributed by atoms with van der Waals surface area (Å²) >= 11 is 4.57. The maximum atomic E-state index is 11.8. The van der Waals surface area contributed by atoms with Gasteiger partial charge in [-0.15, -0.1) is 11.3 Å². The molecule has 6 heteroatoms. The van der Waals surface area contributed by atoms with E-state index in [1.165, 1.54) is 11.3 Å². The quantitative estimate of drug-likeness (QED) is 0.822. The number of hydrogen-bond donors (Lipinski definition) is 0. The van der Waals surface area contributed by atoms with Gasteiger partial charge < -0.3 is 0 Å². The molecule has 0 amide bonds. The molecule has 0 aromatic carbocycles. The molecule has 0 saturated carbocycles. The highest BCUT2D eigenvalue weighted by molar-refractivity contribution is 9.10. The van der Waals surface area contributed by atoms with E-state index in [-0.39, 0.29) is 12.2 Å². The second-order valence-corrected chi connectivity index (χ2v) is 4.97. The summed E-state index contributed by atoms with van der Waals surface area (Å²) in [6.45, 7) is 0. The van der Waals surface area contributed by atoms with Crippen LogP contribution in [0.5, 0.6) is 0 Å². The van der Waals surface area contributed by atoms with Gasteiger partial charge in [0.15, 0.2) is 0 Å². The van der Waals surface area contributed by atoms with Crippen LogP contribution in [0.2, 0.25) is 0 Å². The van der Waals surface area contributed by atoms with Gasteiger partial charge in [0.1, 0.15) is 5.78 Å². The number of thiophene rings is 1. The van der Waals surface area contributed by atoms with E-state index in [2.05, 4.69) is 15.9 Å². The molecule has 84 valence electrons. The number of ketones is 1. The number of rotatable bonds is 4. The number of hydrogen-bond acceptors (Lipinski definition) is 2. The molecule has 0 N–H and O–H groups in total. The van der Waals surface area contributed by atoms with Gasteiger partial charge in [-0.3, -0.25) is 4.79 Å². The SMILES string of the molecule is O=C(CCC(F)(F)F)Cc1cc(Br)cs1. The lowest BCUT2D eigenvalue weighted by Gasteiger charge is -2.04. The first-order valence-corrected chi connectivity index (χ1v) is 5.85. The Hall–Kier alpha value is -0.360. The lowest BCUT2D eigenvalue weighted by molar-refractivity contribution is -0.142. The monoisotopic (exact) mass is 300 g/mol. The molecule has 0 saturated heterocycles. The third-order valence-electron chi connectivity index (χ3n) is 1.68. The number of Topliss-reactive ketones (excluding diaryl/α,β-unsaturated/α-hetero) is 1. The molecule has 1 heterocycles. The summed E-state index contributed by atoms with van der Waals surface area (Å²) in [6.07, 6.45) is -5.62. The molecule has 0 unspecified atom stereocenters. The highest BCUT2D eigenvalue weighted by Gasteiger charge is 2.27. The molecule has 0 aliphatic carbocycles. The second kappa shape index (κ2) is 5.12. The number of halogens is 4. The van der Waals surface area contributed by atoms with Gasteiger partial charge >= 0.3 is 6.18 Å². The standard InChI is InChI=1S/C9H8BrF3OS/c10-6-3-8(15-5-6)4-7(14)1-2-9(11,12)13/h3,5H,1-2,4H2. The van der Waals surface area contributed by atoms with Gasteiger partial charge in [0, 0.05) is 27.6 Å². The largest absolute Gasteiger partial charge is 0.389 e. The van der Waals surface area contributed by atoms with Crippen LogP contribution in [0.1, 0.15) is 17.7 Å². The predicted molar refractivity (Wildman–Crippen MR) is 56.0 cm³/mol. The number of alkyl halides is 3. The van der Waals surface area contributed by atoms with Gasteiger partial charge in [-0.25, -0.2) is 0 Å². The van der Waals surface area contributed by atoms with Gasteiger partial charge in [0.05, 0.1) is 6.42 Å². The van der Waals surface area contributed by atoms with E-state index >= 15 is 0 Å². The molecular weight excluding hydrogens is 293 g/mol. The summed E-state index contributed by atoms with van der Waals surface area (Å²) in [5, 5.41) is 1.80. The fraction of sp³-hybridized carbons (Fsp3) is 0.444. The van der Waals surface area contributed by atoms with E-state index in [1.807, 2.05) is 0 Å². The van der Waals surface area contributed by atoms with E-state index in [4.69, 9.17) is 0 Å². The first-order chi connectivity index (χ1) is 6.87. The van der Waals surface area contributed by atoms with Crippen molar-refractivity contribution in [3.05, 3.63) is 20.8 Å². The summed E-state index contributed by atoms with van der Waals surface area (Å²) in [6, 6.07) is 1.75. The lowest BCUT2D eigenvalue weighted by Crippen LogP contribution is -2.11. The molecule has 0 bridgehead atoms. The predicted octanol–water partition coefficient (Wildman–Crippen LogP) is 3.96. The number of carbonyl (C=O) groups excluding carboxylic acids is 1. The van der Waals surface area contributed by atoms with Crippen LogP contribution >= 0.6 is 27.3 Å². The lowest BCUT2D eigenvalue weighted by atomic mass is 10.1. The Morgan fingerprint density at radius 3 is 2.60 bits per heavy atom. The van der Waals surface area contributed by atoms with Crippen molar-refractivity contribution in [2.75, 3.05) is 0 Å². The molecule has 1 nitrogen and oxygen atoms in total. The van der Waals surface area contributed by atoms with Crippen LogP contribution in [0.3, 0.4) is 0 Å². The van der Waals surface area contributed by atoms with Crippen molar-refractivity contribution in [2.45, 2.75) is 25.4 Å². The second-order valence-electron chi connectivity index (χ2n) is 3.06. The average Bonchev–Trinajstić information content (AvgIpc) is 2.47. The van der Waals surface area contributed by atoms with Crippen molar-refractivity contribution in [1.82, 2.24) is 0 Å². The van der Waals surface area contributed by atoms with Crippen LogP contribution in [0.15, 0.2) is 15.9 Å². The zero-order chi connectivity index (χ0) is 11.5. The molecule has 1 aromatic rings. The van der Waals surface area contributed by atoms with E-state index in [0.717, 1.165) is 9.35 Å². The van der Waals surface area contributed by atoms with Gasteiger partial charge in [-0.05, 0) is 22.0 Å². The van der Waals surface area contributed by atoms with Crippen molar-refractivity contribution >= 4 is 33.0 Å². The summed E-state index contributed by atoms with van der Waals surface area (Å²) in [5.41, 5.74) is 0. The molecule has 0 radical (unpaired) electrons. The smallest absolute Gasteiger partial charge is 0.299 e. The minimum atomic E-state index is -4.24. The summed E-state index contributed by atoms with van der Waals surface area (Å²) in [7, 11) is 0. The van der Waals surface area contributed by atoms with E-state index in [0.29, 0.717) is 0 Å². The Bertz CT molecular complexity index is 345. The van der Waals surface area contributed by atoms with Crippen LogP contribution in [-0.4, -0.2) is 12.0 Å². The van der Waals surface area contributed by atoms with Crippen LogP contribution < -0.4 is 0 Å². The van der Waals surface area contributed by atoms with Gasteiger partial charge in [-0.1, -0.05) is 0 Å². The van der Waals surface area contributed by atoms with Gasteiger partial charge in [0.2, 0.25) is 0 Å². The highest BCUT2D eigenvalue weighted by Crippen LogP contribution is 2.24. The maximum Gasteiger partial charge on any atom is 0.389 e. The zero-order valence-electron chi connectivity index (χ0n) is 7.60. The molecule has 1 aromatic heterocycles. The summed E-state index contributed by atoms with van der Waals surface area (Å²) < 4.78 is 36.3. The Kier molecular flexibility index (Phi) is 4.33. The minimum absolute atomic E-state index is 0.0896. The molecule has 15 heavy (non-hydrogen) atoms. The Morgan fingerprint density at radius 1 is 1.47 bits per heavy atom. The third-order valence-corrected chi connectivity index (χ3v) is 3.38. The highest BCUT2D eigenvalue weighted by atomic mass is 79.9. The van der Waals surface area contributed by atoms with Crippen LogP contribution in [0.25, 0.3) is 0 Å².